The molecule has 0 bridgehead atoms. The molecule has 2 aliphatic rings. The first kappa shape index (κ1) is 21.3. The lowest BCUT2D eigenvalue weighted by molar-refractivity contribution is 0.0698. The molecule has 0 spiro atoms. The van der Waals surface area contributed by atoms with Crippen molar-refractivity contribution < 1.29 is 17.9 Å². The highest BCUT2D eigenvalue weighted by Crippen LogP contribution is 2.28. The van der Waals surface area contributed by atoms with Crippen LogP contribution in [0.5, 0.6) is 5.75 Å². The smallest absolute Gasteiger partial charge is 0.253 e. The predicted octanol–water partition coefficient (Wildman–Crippen LogP) is 3.48. The summed E-state index contributed by atoms with van der Waals surface area (Å²) in [6.45, 7) is 1.32. The molecule has 30 heavy (non-hydrogen) atoms. The van der Waals surface area contributed by atoms with E-state index in [1.807, 2.05) is 12.1 Å². The van der Waals surface area contributed by atoms with Crippen LogP contribution < -0.4 is 4.74 Å². The summed E-state index contributed by atoms with van der Waals surface area (Å²) in [6, 6.07) is 10.7. The van der Waals surface area contributed by atoms with Crippen molar-refractivity contribution in [2.24, 2.45) is 0 Å². The van der Waals surface area contributed by atoms with E-state index in [9.17, 15) is 13.2 Å². The molecule has 0 radical (unpaired) electrons. The average molecular weight is 493 g/mol. The number of halogens is 1. The van der Waals surface area contributed by atoms with Crippen molar-refractivity contribution >= 4 is 31.9 Å². The Hall–Kier alpha value is -1.90. The van der Waals surface area contributed by atoms with Gasteiger partial charge in [-0.05, 0) is 83.1 Å². The van der Waals surface area contributed by atoms with Crippen molar-refractivity contribution in [2.45, 2.75) is 30.6 Å². The summed E-state index contributed by atoms with van der Waals surface area (Å²) in [5, 5.41) is 0. The molecule has 0 atom stereocenters. The second kappa shape index (κ2) is 8.69. The number of aryl methyl sites for hydroxylation is 2. The van der Waals surface area contributed by atoms with Gasteiger partial charge in [-0.3, -0.25) is 4.79 Å². The number of hydrogen-bond donors (Lipinski definition) is 0. The van der Waals surface area contributed by atoms with Gasteiger partial charge in [-0.25, -0.2) is 8.42 Å². The van der Waals surface area contributed by atoms with E-state index in [2.05, 4.69) is 15.9 Å². The fraction of sp³-hybridized carbons (Fsp3) is 0.409. The number of amides is 1. The van der Waals surface area contributed by atoms with Crippen LogP contribution >= 0.6 is 15.9 Å². The SMILES string of the molecule is COc1ccc(C(=O)N2CCN(S(=O)(=O)c3ccc4c(c3)CCCC4)CC2)cc1Br. The Bertz CT molecular complexity index is 1060. The maximum absolute atomic E-state index is 13.1. The van der Waals surface area contributed by atoms with Crippen LogP contribution in [-0.2, 0) is 22.9 Å². The van der Waals surface area contributed by atoms with Gasteiger partial charge in [-0.2, -0.15) is 4.31 Å². The Labute approximate surface area is 186 Å². The zero-order valence-corrected chi connectivity index (χ0v) is 19.3. The van der Waals surface area contributed by atoms with Crippen LogP contribution in [-0.4, -0.2) is 56.8 Å². The first-order valence-electron chi connectivity index (χ1n) is 10.1. The van der Waals surface area contributed by atoms with Crippen molar-refractivity contribution in [2.75, 3.05) is 33.3 Å². The highest BCUT2D eigenvalue weighted by molar-refractivity contribution is 9.10. The Kier molecular flexibility index (Phi) is 6.18. The number of nitrogens with zero attached hydrogens (tertiary/aromatic N) is 2. The second-order valence-corrected chi connectivity index (χ2v) is 10.5. The highest BCUT2D eigenvalue weighted by atomic mass is 79.9. The molecule has 8 heteroatoms. The maximum Gasteiger partial charge on any atom is 0.253 e. The van der Waals surface area contributed by atoms with Gasteiger partial charge < -0.3 is 9.64 Å². The van der Waals surface area contributed by atoms with E-state index in [1.54, 1.807) is 36.3 Å². The van der Waals surface area contributed by atoms with E-state index in [1.165, 1.54) is 16.3 Å². The molecule has 1 heterocycles. The number of sulfonamides is 1. The molecule has 0 saturated carbocycles. The molecule has 2 aromatic rings. The standard InChI is InChI=1S/C22H25BrN2O4S/c1-29-21-9-7-18(15-20(21)23)22(26)24-10-12-25(13-11-24)30(27,28)19-8-6-16-4-2-3-5-17(16)14-19/h6-9,14-15H,2-5,10-13H2,1H3. The zero-order valence-electron chi connectivity index (χ0n) is 16.9. The lowest BCUT2D eigenvalue weighted by Gasteiger charge is -2.34. The third-order valence-corrected chi connectivity index (χ3v) is 8.40. The van der Waals surface area contributed by atoms with Gasteiger partial charge in [0.05, 0.1) is 16.5 Å². The van der Waals surface area contributed by atoms with E-state index < -0.39 is 10.0 Å². The minimum Gasteiger partial charge on any atom is -0.496 e. The molecule has 4 rings (SSSR count). The predicted molar refractivity (Wildman–Crippen MR) is 118 cm³/mol. The minimum atomic E-state index is -3.55. The Morgan fingerprint density at radius 3 is 2.33 bits per heavy atom. The molecule has 160 valence electrons. The molecule has 1 saturated heterocycles. The molecule has 1 aliphatic heterocycles. The van der Waals surface area contributed by atoms with Gasteiger partial charge in [0.1, 0.15) is 5.75 Å². The van der Waals surface area contributed by atoms with E-state index in [4.69, 9.17) is 4.74 Å². The van der Waals surface area contributed by atoms with Crippen LogP contribution in [0.15, 0.2) is 45.8 Å². The van der Waals surface area contributed by atoms with Crippen molar-refractivity contribution in [3.8, 4) is 5.75 Å². The summed E-state index contributed by atoms with van der Waals surface area (Å²) in [6.07, 6.45) is 4.24. The molecular weight excluding hydrogens is 468 g/mol. The molecular formula is C22H25BrN2O4S. The van der Waals surface area contributed by atoms with Crippen molar-refractivity contribution in [3.63, 3.8) is 0 Å². The molecule has 0 N–H and O–H groups in total. The number of methoxy groups -OCH3 is 1. The number of rotatable bonds is 4. The van der Waals surface area contributed by atoms with Gasteiger partial charge >= 0.3 is 0 Å². The average Bonchev–Trinajstić information content (AvgIpc) is 2.78. The molecule has 0 aromatic heterocycles. The van der Waals surface area contributed by atoms with Gasteiger partial charge in [0, 0.05) is 31.7 Å². The summed E-state index contributed by atoms with van der Waals surface area (Å²) >= 11 is 3.40. The van der Waals surface area contributed by atoms with Crippen LogP contribution in [0, 0.1) is 0 Å². The van der Waals surface area contributed by atoms with Gasteiger partial charge in [-0.15, -0.1) is 0 Å². The first-order chi connectivity index (χ1) is 14.4. The van der Waals surface area contributed by atoms with Gasteiger partial charge in [0.15, 0.2) is 0 Å². The minimum absolute atomic E-state index is 0.107. The van der Waals surface area contributed by atoms with Crippen LogP contribution in [0.3, 0.4) is 0 Å². The van der Waals surface area contributed by atoms with Crippen molar-refractivity contribution in [1.29, 1.82) is 0 Å². The lowest BCUT2D eigenvalue weighted by atomic mass is 9.92. The van der Waals surface area contributed by atoms with E-state index >= 15 is 0 Å². The van der Waals surface area contributed by atoms with Gasteiger partial charge in [0.2, 0.25) is 10.0 Å². The molecule has 0 unspecified atom stereocenters. The molecule has 2 aromatic carbocycles. The third-order valence-electron chi connectivity index (χ3n) is 5.88. The van der Waals surface area contributed by atoms with E-state index in [0.717, 1.165) is 24.8 Å². The van der Waals surface area contributed by atoms with E-state index in [0.29, 0.717) is 46.9 Å². The number of ether oxygens (including phenoxy) is 1. The Morgan fingerprint density at radius 2 is 1.67 bits per heavy atom. The lowest BCUT2D eigenvalue weighted by Crippen LogP contribution is -2.50. The molecule has 1 fully saturated rings. The fourth-order valence-electron chi connectivity index (χ4n) is 4.13. The zero-order chi connectivity index (χ0) is 21.3. The second-order valence-electron chi connectivity index (χ2n) is 7.68. The van der Waals surface area contributed by atoms with Crippen LogP contribution in [0.25, 0.3) is 0 Å². The fourth-order valence-corrected chi connectivity index (χ4v) is 6.15. The molecule has 6 nitrogen and oxygen atoms in total. The Morgan fingerprint density at radius 1 is 0.967 bits per heavy atom. The number of carbonyl (C=O) groups is 1. The monoisotopic (exact) mass is 492 g/mol. The Balaban J connectivity index is 1.45. The van der Waals surface area contributed by atoms with E-state index in [-0.39, 0.29) is 5.91 Å². The third kappa shape index (κ3) is 4.13. The topological polar surface area (TPSA) is 66.9 Å². The summed E-state index contributed by atoms with van der Waals surface area (Å²) in [5.41, 5.74) is 2.97. The van der Waals surface area contributed by atoms with Crippen molar-refractivity contribution in [1.82, 2.24) is 9.21 Å². The van der Waals surface area contributed by atoms with Crippen LogP contribution in [0.2, 0.25) is 0 Å². The maximum atomic E-state index is 13.1. The normalized spacial score (nSPS) is 17.5. The number of piperazine rings is 1. The largest absolute Gasteiger partial charge is 0.496 e. The molecule has 1 amide bonds. The number of fused-ring (bicyclic) bond motifs is 1. The quantitative estimate of drug-likeness (QED) is 0.654. The van der Waals surface area contributed by atoms with Crippen molar-refractivity contribution in [3.05, 3.63) is 57.6 Å². The number of benzene rings is 2. The van der Waals surface area contributed by atoms with Crippen LogP contribution in [0.4, 0.5) is 0 Å². The summed E-state index contributed by atoms with van der Waals surface area (Å²) in [4.78, 5) is 14.9. The summed E-state index contributed by atoms with van der Waals surface area (Å²) in [7, 11) is -1.98. The van der Waals surface area contributed by atoms with Gasteiger partial charge in [0.25, 0.3) is 5.91 Å². The number of carbonyl (C=O) groups excluding carboxylic acids is 1. The highest BCUT2D eigenvalue weighted by Gasteiger charge is 2.31. The number of hydrogen-bond acceptors (Lipinski definition) is 4. The summed E-state index contributed by atoms with van der Waals surface area (Å²) in [5.74, 6) is 0.552. The first-order valence-corrected chi connectivity index (χ1v) is 12.4. The van der Waals surface area contributed by atoms with Gasteiger partial charge in [-0.1, -0.05) is 6.07 Å². The molecule has 1 aliphatic carbocycles. The summed E-state index contributed by atoms with van der Waals surface area (Å²) < 4.78 is 33.7. The van der Waals surface area contributed by atoms with Crippen LogP contribution in [0.1, 0.15) is 34.3 Å².